The first kappa shape index (κ1) is 13.7. The average Bonchev–Trinajstić information content (AvgIpc) is 2.14. The molecular weight excluding hydrogens is 238 g/mol. The molecule has 0 N–H and O–H groups in total. The molecule has 0 aromatic heterocycles. The Kier molecular flexibility index (Phi) is 4.30. The molecule has 0 amide bonds. The van der Waals surface area contributed by atoms with Gasteiger partial charge in [-0.25, -0.2) is 8.78 Å². The second kappa shape index (κ2) is 5.33. The van der Waals surface area contributed by atoms with E-state index in [0.29, 0.717) is 6.61 Å². The van der Waals surface area contributed by atoms with E-state index in [1.807, 2.05) is 19.6 Å². The summed E-state index contributed by atoms with van der Waals surface area (Å²) in [5, 5.41) is 0. The van der Waals surface area contributed by atoms with Crippen LogP contribution in [0.4, 0.5) is 8.78 Å². The minimum Gasteiger partial charge on any atom is -0.494 e. The highest BCUT2D eigenvalue weighted by Crippen LogP contribution is 2.20. The van der Waals surface area contributed by atoms with E-state index in [1.54, 1.807) is 6.92 Å². The Morgan fingerprint density at radius 2 is 1.71 bits per heavy atom. The van der Waals surface area contributed by atoms with E-state index >= 15 is 0 Å². The molecule has 0 saturated heterocycles. The van der Waals surface area contributed by atoms with Gasteiger partial charge in [0, 0.05) is 12.1 Å². The quantitative estimate of drug-likeness (QED) is 0.579. The lowest BCUT2D eigenvalue weighted by Gasteiger charge is -2.06. The summed E-state index contributed by atoms with van der Waals surface area (Å²) in [6.45, 7) is 8.19. The summed E-state index contributed by atoms with van der Waals surface area (Å²) in [4.78, 5) is 0. The summed E-state index contributed by atoms with van der Waals surface area (Å²) in [5.74, 6) is 1.46. The van der Waals surface area contributed by atoms with Crippen LogP contribution in [0.5, 0.6) is 5.75 Å². The third-order valence-electron chi connectivity index (χ3n) is 1.89. The van der Waals surface area contributed by atoms with Crippen molar-refractivity contribution in [2.75, 3.05) is 6.61 Å². The van der Waals surface area contributed by atoms with Crippen molar-refractivity contribution < 1.29 is 13.5 Å². The minimum absolute atomic E-state index is 0.170. The molecule has 1 aromatic rings. The number of halogens is 2. The number of rotatable bonds is 2. The summed E-state index contributed by atoms with van der Waals surface area (Å²) in [7, 11) is -1.64. The zero-order valence-electron chi connectivity index (χ0n) is 10.5. The molecule has 0 atom stereocenters. The molecule has 0 unspecified atom stereocenters. The monoisotopic (exact) mass is 254 g/mol. The van der Waals surface area contributed by atoms with E-state index in [2.05, 4.69) is 11.5 Å². The lowest BCUT2D eigenvalue weighted by atomic mass is 10.2. The van der Waals surface area contributed by atoms with Gasteiger partial charge in [0.2, 0.25) is 0 Å². The summed E-state index contributed by atoms with van der Waals surface area (Å²) in [6.07, 6.45) is 0. The highest BCUT2D eigenvalue weighted by Gasteiger charge is 2.12. The SMILES string of the molecule is CCOc1cc(F)c(C#C[Si](C)(C)C)c(F)c1. The van der Waals surface area contributed by atoms with Crippen LogP contribution in [-0.4, -0.2) is 14.7 Å². The largest absolute Gasteiger partial charge is 0.494 e. The van der Waals surface area contributed by atoms with Crippen LogP contribution in [0.15, 0.2) is 12.1 Å². The first-order chi connectivity index (χ1) is 7.83. The molecule has 1 aromatic carbocycles. The van der Waals surface area contributed by atoms with Gasteiger partial charge in [0.15, 0.2) is 0 Å². The van der Waals surface area contributed by atoms with Gasteiger partial charge in [0.25, 0.3) is 0 Å². The Morgan fingerprint density at radius 1 is 1.18 bits per heavy atom. The molecule has 0 aliphatic rings. The van der Waals surface area contributed by atoms with Crippen LogP contribution >= 0.6 is 0 Å². The third kappa shape index (κ3) is 4.20. The van der Waals surface area contributed by atoms with E-state index < -0.39 is 19.7 Å². The Bertz CT molecular complexity index is 444. The Labute approximate surface area is 102 Å². The number of ether oxygens (including phenoxy) is 1. The highest BCUT2D eigenvalue weighted by atomic mass is 28.3. The average molecular weight is 254 g/mol. The Hall–Kier alpha value is -1.34. The van der Waals surface area contributed by atoms with Crippen molar-refractivity contribution >= 4 is 8.07 Å². The van der Waals surface area contributed by atoms with E-state index in [1.165, 1.54) is 12.1 Å². The van der Waals surface area contributed by atoms with Crippen LogP contribution < -0.4 is 4.74 Å². The van der Waals surface area contributed by atoms with E-state index in [4.69, 9.17) is 4.74 Å². The van der Waals surface area contributed by atoms with Crippen molar-refractivity contribution in [2.45, 2.75) is 26.6 Å². The zero-order chi connectivity index (χ0) is 13.1. The molecule has 0 bridgehead atoms. The lowest BCUT2D eigenvalue weighted by Crippen LogP contribution is -2.16. The van der Waals surface area contributed by atoms with E-state index in [-0.39, 0.29) is 11.3 Å². The first-order valence-electron chi connectivity index (χ1n) is 5.48. The summed E-state index contributed by atoms with van der Waals surface area (Å²) in [5.41, 5.74) is 2.77. The van der Waals surface area contributed by atoms with E-state index in [9.17, 15) is 8.78 Å². The molecule has 0 heterocycles. The molecule has 0 saturated carbocycles. The number of hydrogen-bond acceptors (Lipinski definition) is 1. The van der Waals surface area contributed by atoms with Crippen molar-refractivity contribution in [1.82, 2.24) is 0 Å². The van der Waals surface area contributed by atoms with Crippen LogP contribution in [-0.2, 0) is 0 Å². The fourth-order valence-electron chi connectivity index (χ4n) is 1.17. The topological polar surface area (TPSA) is 9.23 Å². The standard InChI is InChI=1S/C13H16F2OSi/c1-5-16-10-8-12(14)11(13(15)9-10)6-7-17(2,3)4/h8-9H,5H2,1-4H3. The normalized spacial score (nSPS) is 10.7. The predicted octanol–water partition coefficient (Wildman–Crippen LogP) is 3.59. The highest BCUT2D eigenvalue weighted by molar-refractivity contribution is 6.83. The molecule has 0 aliphatic heterocycles. The molecule has 0 aliphatic carbocycles. The van der Waals surface area contributed by atoms with Crippen molar-refractivity contribution in [3.63, 3.8) is 0 Å². The first-order valence-corrected chi connectivity index (χ1v) is 8.98. The van der Waals surface area contributed by atoms with Crippen molar-refractivity contribution in [2.24, 2.45) is 0 Å². The molecule has 92 valence electrons. The van der Waals surface area contributed by atoms with Gasteiger partial charge in [0.05, 0.1) is 12.2 Å². The minimum atomic E-state index is -1.64. The van der Waals surface area contributed by atoms with Gasteiger partial charge in [-0.05, 0) is 6.92 Å². The third-order valence-corrected chi connectivity index (χ3v) is 2.76. The number of hydrogen-bond donors (Lipinski definition) is 0. The molecule has 1 rings (SSSR count). The van der Waals surface area contributed by atoms with Gasteiger partial charge in [-0.15, -0.1) is 5.54 Å². The molecular formula is C13H16F2OSi. The number of benzene rings is 1. The second-order valence-corrected chi connectivity index (χ2v) is 9.44. The Morgan fingerprint density at radius 3 is 2.12 bits per heavy atom. The molecule has 0 fully saturated rings. The van der Waals surface area contributed by atoms with Gasteiger partial charge >= 0.3 is 0 Å². The Balaban J connectivity index is 3.13. The molecule has 0 spiro atoms. The van der Waals surface area contributed by atoms with Gasteiger partial charge in [-0.1, -0.05) is 25.6 Å². The maximum Gasteiger partial charge on any atom is 0.145 e. The summed E-state index contributed by atoms with van der Waals surface area (Å²) in [6, 6.07) is 2.33. The van der Waals surface area contributed by atoms with Crippen molar-refractivity contribution in [1.29, 1.82) is 0 Å². The smallest absolute Gasteiger partial charge is 0.145 e. The maximum atomic E-state index is 13.6. The van der Waals surface area contributed by atoms with Crippen molar-refractivity contribution in [3.05, 3.63) is 29.3 Å². The molecule has 0 radical (unpaired) electrons. The van der Waals surface area contributed by atoms with Crippen molar-refractivity contribution in [3.8, 4) is 17.2 Å². The van der Waals surface area contributed by atoms with Gasteiger partial charge in [0.1, 0.15) is 25.5 Å². The van der Waals surface area contributed by atoms with Gasteiger partial charge < -0.3 is 4.74 Å². The zero-order valence-corrected chi connectivity index (χ0v) is 11.5. The predicted molar refractivity (Wildman–Crippen MR) is 67.8 cm³/mol. The second-order valence-electron chi connectivity index (χ2n) is 4.69. The van der Waals surface area contributed by atoms with Gasteiger partial charge in [-0.2, -0.15) is 0 Å². The van der Waals surface area contributed by atoms with Crippen LogP contribution in [0, 0.1) is 23.1 Å². The fourth-order valence-corrected chi connectivity index (χ4v) is 1.67. The lowest BCUT2D eigenvalue weighted by molar-refractivity contribution is 0.335. The summed E-state index contributed by atoms with van der Waals surface area (Å²) >= 11 is 0. The van der Waals surface area contributed by atoms with Crippen LogP contribution in [0.1, 0.15) is 12.5 Å². The molecule has 4 heteroatoms. The van der Waals surface area contributed by atoms with Gasteiger partial charge in [-0.3, -0.25) is 0 Å². The summed E-state index contributed by atoms with van der Waals surface area (Å²) < 4.78 is 32.3. The van der Waals surface area contributed by atoms with E-state index in [0.717, 1.165) is 0 Å². The maximum absolute atomic E-state index is 13.6. The van der Waals surface area contributed by atoms with Crippen LogP contribution in [0.2, 0.25) is 19.6 Å². The molecule has 1 nitrogen and oxygen atoms in total. The molecule has 17 heavy (non-hydrogen) atoms. The fraction of sp³-hybridized carbons (Fsp3) is 0.385. The van der Waals surface area contributed by atoms with Crippen LogP contribution in [0.3, 0.4) is 0 Å². The van der Waals surface area contributed by atoms with Crippen LogP contribution in [0.25, 0.3) is 0 Å².